The van der Waals surface area contributed by atoms with E-state index < -0.39 is 24.6 Å². The van der Waals surface area contributed by atoms with E-state index in [1.807, 2.05) is 37.5 Å². The Morgan fingerprint density at radius 3 is 2.30 bits per heavy atom. The van der Waals surface area contributed by atoms with Crippen LogP contribution < -0.4 is 0 Å². The fourth-order valence-electron chi connectivity index (χ4n) is 3.53. The van der Waals surface area contributed by atoms with Crippen molar-refractivity contribution in [2.24, 2.45) is 0 Å². The maximum absolute atomic E-state index is 13.6. The Balaban J connectivity index is 2.12. The van der Waals surface area contributed by atoms with Crippen LogP contribution in [0.2, 0.25) is 0 Å². The molecule has 0 aliphatic carbocycles. The van der Waals surface area contributed by atoms with Crippen molar-refractivity contribution in [3.8, 4) is 22.5 Å². The quantitative estimate of drug-likeness (QED) is 0.474. The molecule has 2 atom stereocenters. The average Bonchev–Trinajstić information content (AvgIpc) is 3.13. The predicted molar refractivity (Wildman–Crippen MR) is 124 cm³/mol. The number of aliphatic carboxylic acids is 1. The summed E-state index contributed by atoms with van der Waals surface area (Å²) in [7, 11) is 0. The van der Waals surface area contributed by atoms with Gasteiger partial charge in [-0.1, -0.05) is 20.8 Å². The topological polar surface area (TPSA) is 108 Å². The number of rotatable bonds is 8. The minimum Gasteiger partial charge on any atom is -0.481 e. The summed E-state index contributed by atoms with van der Waals surface area (Å²) >= 11 is 0. The van der Waals surface area contributed by atoms with Crippen LogP contribution in [0.4, 0.5) is 4.39 Å². The molecule has 174 valence electrons. The summed E-state index contributed by atoms with van der Waals surface area (Å²) in [6, 6.07) is 9.78. The monoisotopic (exact) mass is 453 g/mol. The van der Waals surface area contributed by atoms with Crippen LogP contribution >= 0.6 is 0 Å². The van der Waals surface area contributed by atoms with Gasteiger partial charge in [0.15, 0.2) is 0 Å². The van der Waals surface area contributed by atoms with Crippen molar-refractivity contribution < 1.29 is 24.5 Å². The number of hydrogen-bond donors (Lipinski definition) is 3. The lowest BCUT2D eigenvalue weighted by molar-refractivity contribution is -0.139. The van der Waals surface area contributed by atoms with Crippen LogP contribution in [-0.4, -0.2) is 48.0 Å². The van der Waals surface area contributed by atoms with Gasteiger partial charge in [-0.05, 0) is 42.5 Å². The lowest BCUT2D eigenvalue weighted by Gasteiger charge is -2.19. The first-order valence-electron chi connectivity index (χ1n) is 10.6. The van der Waals surface area contributed by atoms with Crippen LogP contribution in [0, 0.1) is 5.82 Å². The molecular weight excluding hydrogens is 425 g/mol. The van der Waals surface area contributed by atoms with Crippen molar-refractivity contribution in [3.63, 3.8) is 0 Å². The summed E-state index contributed by atoms with van der Waals surface area (Å²) in [4.78, 5) is 19.8. The van der Waals surface area contributed by atoms with Crippen molar-refractivity contribution in [1.82, 2.24) is 14.5 Å². The largest absolute Gasteiger partial charge is 0.481 e. The highest BCUT2D eigenvalue weighted by molar-refractivity contribution is 5.80. The number of halogens is 1. The number of carbonyl (C=O) groups is 1. The maximum Gasteiger partial charge on any atom is 0.305 e. The van der Waals surface area contributed by atoms with Crippen molar-refractivity contribution in [2.75, 3.05) is 0 Å². The molecular formula is C25H28FN3O4. The van der Waals surface area contributed by atoms with Gasteiger partial charge in [0.1, 0.15) is 11.6 Å². The van der Waals surface area contributed by atoms with Gasteiger partial charge >= 0.3 is 5.97 Å². The Morgan fingerprint density at radius 2 is 1.73 bits per heavy atom. The van der Waals surface area contributed by atoms with E-state index in [0.29, 0.717) is 11.5 Å². The van der Waals surface area contributed by atoms with Crippen LogP contribution in [0.15, 0.2) is 54.9 Å². The van der Waals surface area contributed by atoms with Crippen molar-refractivity contribution in [1.29, 1.82) is 0 Å². The van der Waals surface area contributed by atoms with Gasteiger partial charge in [0, 0.05) is 41.6 Å². The number of nitrogens with zero attached hydrogens (tertiary/aromatic N) is 3. The lowest BCUT2D eigenvalue weighted by Crippen LogP contribution is -2.20. The molecule has 1 aromatic carbocycles. The molecule has 0 radical (unpaired) electrons. The summed E-state index contributed by atoms with van der Waals surface area (Å²) < 4.78 is 15.4. The average molecular weight is 454 g/mol. The molecule has 0 saturated heterocycles. The number of aliphatic hydroxyl groups is 2. The highest BCUT2D eigenvalue weighted by atomic mass is 19.1. The molecule has 2 heterocycles. The first kappa shape index (κ1) is 24.3. The number of pyridine rings is 1. The van der Waals surface area contributed by atoms with Gasteiger partial charge in [-0.15, -0.1) is 0 Å². The number of benzene rings is 1. The highest BCUT2D eigenvalue weighted by Crippen LogP contribution is 2.36. The van der Waals surface area contributed by atoms with Crippen LogP contribution in [0.25, 0.3) is 28.7 Å². The van der Waals surface area contributed by atoms with Crippen LogP contribution in [0.5, 0.6) is 0 Å². The molecule has 0 unspecified atom stereocenters. The standard InChI is InChI=1S/C25H28FN3O4/c1-25(2,3)24-28-22(16-4-6-18(26)7-5-16)23(17-8-11-27-12-9-17)29(24)13-10-19(30)14-20(31)15-21(32)33/h4-13,19-20,30-31H,14-15H2,1-3H3,(H,32,33)/t19-,20-/m1/s1. The van der Waals surface area contributed by atoms with E-state index in [1.165, 1.54) is 18.2 Å². The van der Waals surface area contributed by atoms with Crippen molar-refractivity contribution >= 4 is 12.2 Å². The summed E-state index contributed by atoms with van der Waals surface area (Å²) in [5, 5.41) is 29.0. The number of imidazole rings is 1. The summed E-state index contributed by atoms with van der Waals surface area (Å²) in [5.74, 6) is -0.766. The molecule has 2 aromatic heterocycles. The van der Waals surface area contributed by atoms with Crippen molar-refractivity contribution in [3.05, 3.63) is 66.5 Å². The first-order valence-corrected chi connectivity index (χ1v) is 10.6. The molecule has 3 N–H and O–H groups in total. The molecule has 0 aliphatic heterocycles. The van der Waals surface area contributed by atoms with E-state index in [4.69, 9.17) is 10.1 Å². The van der Waals surface area contributed by atoms with E-state index in [0.717, 1.165) is 16.8 Å². The van der Waals surface area contributed by atoms with Gasteiger partial charge < -0.3 is 19.9 Å². The summed E-state index contributed by atoms with van der Waals surface area (Å²) in [6.07, 6.45) is 3.72. The number of aliphatic hydroxyl groups excluding tert-OH is 2. The zero-order valence-corrected chi connectivity index (χ0v) is 18.8. The normalized spacial score (nSPS) is 13.9. The second-order valence-corrected chi connectivity index (χ2v) is 8.89. The molecule has 0 bridgehead atoms. The molecule has 0 spiro atoms. The summed E-state index contributed by atoms with van der Waals surface area (Å²) in [5.41, 5.74) is 2.58. The third-order valence-electron chi connectivity index (χ3n) is 5.03. The Hall–Kier alpha value is -3.36. The Morgan fingerprint density at radius 1 is 1.09 bits per heavy atom. The maximum atomic E-state index is 13.6. The molecule has 0 amide bonds. The molecule has 33 heavy (non-hydrogen) atoms. The predicted octanol–water partition coefficient (Wildman–Crippen LogP) is 4.11. The molecule has 0 saturated carbocycles. The fourth-order valence-corrected chi connectivity index (χ4v) is 3.53. The molecule has 0 fully saturated rings. The van der Waals surface area contributed by atoms with Gasteiger partial charge in [-0.2, -0.15) is 0 Å². The summed E-state index contributed by atoms with van der Waals surface area (Å²) in [6.45, 7) is 6.03. The van der Waals surface area contributed by atoms with Gasteiger partial charge in [-0.3, -0.25) is 9.78 Å². The van der Waals surface area contributed by atoms with Gasteiger partial charge in [-0.25, -0.2) is 9.37 Å². The van der Waals surface area contributed by atoms with Gasteiger partial charge in [0.25, 0.3) is 0 Å². The Labute approximate surface area is 191 Å². The Bertz CT molecular complexity index is 1120. The number of aromatic nitrogens is 3. The van der Waals surface area contributed by atoms with Gasteiger partial charge in [0.05, 0.1) is 30.0 Å². The third kappa shape index (κ3) is 6.12. The third-order valence-corrected chi connectivity index (χ3v) is 5.03. The van der Waals surface area contributed by atoms with Crippen molar-refractivity contribution in [2.45, 2.75) is 51.2 Å². The minimum absolute atomic E-state index is 0.113. The molecule has 8 heteroatoms. The zero-order valence-electron chi connectivity index (χ0n) is 18.8. The van der Waals surface area contributed by atoms with Crippen LogP contribution in [0.1, 0.15) is 39.4 Å². The smallest absolute Gasteiger partial charge is 0.305 e. The number of carboxylic acids is 1. The Kier molecular flexibility index (Phi) is 7.40. The molecule has 7 nitrogen and oxygen atoms in total. The number of hydrogen-bond acceptors (Lipinski definition) is 5. The first-order chi connectivity index (χ1) is 15.6. The van der Waals surface area contributed by atoms with E-state index in [-0.39, 0.29) is 17.7 Å². The second kappa shape index (κ2) is 10.1. The van der Waals surface area contributed by atoms with E-state index in [1.54, 1.807) is 30.7 Å². The SMILES string of the molecule is CC(C)(C)c1nc(-c2ccc(F)cc2)c(-c2ccncc2)n1C=C[C@@H](O)C[C@@H](O)CC(=O)O. The van der Waals surface area contributed by atoms with E-state index in [2.05, 4.69) is 4.98 Å². The second-order valence-electron chi connectivity index (χ2n) is 8.89. The number of carboxylic acid groups (broad SMARTS) is 1. The van der Waals surface area contributed by atoms with E-state index in [9.17, 15) is 19.4 Å². The van der Waals surface area contributed by atoms with E-state index >= 15 is 0 Å². The van der Waals surface area contributed by atoms with Gasteiger partial charge in [0.2, 0.25) is 0 Å². The lowest BCUT2D eigenvalue weighted by atomic mass is 9.95. The van der Waals surface area contributed by atoms with Crippen LogP contribution in [-0.2, 0) is 10.2 Å². The highest BCUT2D eigenvalue weighted by Gasteiger charge is 2.27. The zero-order chi connectivity index (χ0) is 24.2. The molecule has 0 aliphatic rings. The minimum atomic E-state index is -1.17. The molecule has 3 aromatic rings. The fraction of sp³-hybridized carbons (Fsp3) is 0.320. The molecule has 3 rings (SSSR count). The van der Waals surface area contributed by atoms with Crippen LogP contribution in [0.3, 0.4) is 0 Å².